The summed E-state index contributed by atoms with van der Waals surface area (Å²) in [4.78, 5) is 21.5. The van der Waals surface area contributed by atoms with E-state index in [9.17, 15) is 14.4 Å². The number of rotatable bonds is 7. The molecule has 5 atom stereocenters. The zero-order valence-corrected chi connectivity index (χ0v) is 14.7. The lowest BCUT2D eigenvalue weighted by Gasteiger charge is -2.17. The van der Waals surface area contributed by atoms with Gasteiger partial charge in [-0.05, 0) is 11.8 Å². The van der Waals surface area contributed by atoms with Crippen LogP contribution in [-0.4, -0.2) is 61.1 Å². The Balaban J connectivity index is 1.94. The van der Waals surface area contributed by atoms with Crippen molar-refractivity contribution in [3.05, 3.63) is 25.3 Å². The van der Waals surface area contributed by atoms with Crippen molar-refractivity contribution in [2.45, 2.75) is 24.6 Å². The van der Waals surface area contributed by atoms with Crippen LogP contribution < -0.4 is 4.74 Å². The molecule has 0 saturated carbocycles. The van der Waals surface area contributed by atoms with Gasteiger partial charge in [-0.25, -0.2) is 14.4 Å². The summed E-state index contributed by atoms with van der Waals surface area (Å²) in [6.45, 7) is 3.30. The zero-order valence-electron chi connectivity index (χ0n) is 12.9. The Kier molecular flexibility index (Phi) is 5.72. The van der Waals surface area contributed by atoms with Crippen LogP contribution in [0.3, 0.4) is 0 Å². The van der Waals surface area contributed by atoms with Crippen LogP contribution in [0.15, 0.2) is 25.3 Å². The lowest BCUT2D eigenvalue weighted by molar-refractivity contribution is -0.0430. The SMILES string of the molecule is C=CCOc1ncnc2c1ncn2[C@@H]1O[C@H](CO)C(O[PH](O)=S)[C@H]1F. The number of aliphatic hydroxyl groups excluding tert-OH is 1. The number of alkyl halides is 1. The molecular weight excluding hydrogens is 374 g/mol. The number of hydrogen-bond acceptors (Lipinski definition) is 8. The molecule has 1 saturated heterocycles. The highest BCUT2D eigenvalue weighted by Crippen LogP contribution is 2.39. The van der Waals surface area contributed by atoms with Crippen LogP contribution in [0.1, 0.15) is 6.23 Å². The number of nitrogens with zero attached hydrogens (tertiary/aromatic N) is 4. The van der Waals surface area contributed by atoms with Gasteiger partial charge in [-0.2, -0.15) is 4.98 Å². The van der Waals surface area contributed by atoms with Crippen LogP contribution >= 0.6 is 7.15 Å². The summed E-state index contributed by atoms with van der Waals surface area (Å²) in [5, 5.41) is 9.38. The fraction of sp³-hybridized carbons (Fsp3) is 0.462. The molecule has 136 valence electrons. The van der Waals surface area contributed by atoms with Crippen molar-refractivity contribution in [3.63, 3.8) is 0 Å². The van der Waals surface area contributed by atoms with Crippen LogP contribution in [0.25, 0.3) is 11.2 Å². The van der Waals surface area contributed by atoms with Crippen molar-refractivity contribution >= 4 is 30.1 Å². The third-order valence-electron chi connectivity index (χ3n) is 3.62. The summed E-state index contributed by atoms with van der Waals surface area (Å²) in [5.74, 6) is 0.231. The molecular formula is C13H16FN4O5PS. The van der Waals surface area contributed by atoms with E-state index in [0.717, 1.165) is 0 Å². The normalized spacial score (nSPS) is 27.5. The minimum absolute atomic E-state index is 0.229. The minimum atomic E-state index is -2.57. The van der Waals surface area contributed by atoms with Crippen LogP contribution in [0.2, 0.25) is 0 Å². The first kappa shape index (κ1) is 18.3. The first-order valence-electron chi connectivity index (χ1n) is 7.28. The number of ether oxygens (including phenoxy) is 2. The van der Waals surface area contributed by atoms with E-state index in [-0.39, 0.29) is 12.5 Å². The number of hydrogen-bond donors (Lipinski definition) is 2. The van der Waals surface area contributed by atoms with Gasteiger partial charge in [0.2, 0.25) is 5.88 Å². The second-order valence-electron chi connectivity index (χ2n) is 5.14. The molecule has 25 heavy (non-hydrogen) atoms. The monoisotopic (exact) mass is 390 g/mol. The summed E-state index contributed by atoms with van der Waals surface area (Å²) >= 11 is 4.61. The van der Waals surface area contributed by atoms with Crippen molar-refractivity contribution in [1.29, 1.82) is 0 Å². The number of fused-ring (bicyclic) bond motifs is 1. The second kappa shape index (κ2) is 7.81. The molecule has 2 aromatic heterocycles. The highest BCUT2D eigenvalue weighted by Gasteiger charge is 2.47. The molecule has 12 heteroatoms. The Morgan fingerprint density at radius 3 is 2.96 bits per heavy atom. The molecule has 3 rings (SSSR count). The Bertz CT molecular complexity index is 793. The fourth-order valence-electron chi connectivity index (χ4n) is 2.58. The summed E-state index contributed by atoms with van der Waals surface area (Å²) in [6.07, 6.45) is -0.821. The molecule has 1 aliphatic heterocycles. The van der Waals surface area contributed by atoms with Gasteiger partial charge in [-0.1, -0.05) is 12.7 Å². The molecule has 1 fully saturated rings. The molecule has 3 heterocycles. The van der Waals surface area contributed by atoms with Gasteiger partial charge < -0.3 is 24.0 Å². The fourth-order valence-corrected chi connectivity index (χ4v) is 3.43. The molecule has 0 aliphatic carbocycles. The molecule has 0 aromatic carbocycles. The summed E-state index contributed by atoms with van der Waals surface area (Å²) < 4.78 is 32.1. The van der Waals surface area contributed by atoms with Crippen molar-refractivity contribution < 1.29 is 28.4 Å². The molecule has 2 aromatic rings. The summed E-state index contributed by atoms with van der Waals surface area (Å²) in [6, 6.07) is 0. The minimum Gasteiger partial charge on any atom is -0.472 e. The molecule has 2 N–H and O–H groups in total. The average molecular weight is 390 g/mol. The maximum atomic E-state index is 14.8. The molecule has 0 bridgehead atoms. The van der Waals surface area contributed by atoms with E-state index < -0.39 is 38.4 Å². The van der Waals surface area contributed by atoms with Crippen LogP contribution in [-0.2, 0) is 21.1 Å². The van der Waals surface area contributed by atoms with Crippen LogP contribution in [0.5, 0.6) is 5.88 Å². The van der Waals surface area contributed by atoms with E-state index in [1.54, 1.807) is 6.08 Å². The van der Waals surface area contributed by atoms with Gasteiger partial charge in [0, 0.05) is 0 Å². The zero-order chi connectivity index (χ0) is 18.0. The summed E-state index contributed by atoms with van der Waals surface area (Å²) in [5.41, 5.74) is 0.632. The molecule has 2 unspecified atom stereocenters. The maximum Gasteiger partial charge on any atom is 0.245 e. The lowest BCUT2D eigenvalue weighted by Crippen LogP contribution is -2.32. The maximum absolute atomic E-state index is 14.8. The molecule has 1 aliphatic rings. The van der Waals surface area contributed by atoms with E-state index in [2.05, 4.69) is 33.3 Å². The highest BCUT2D eigenvalue weighted by atomic mass is 32.4. The quantitative estimate of drug-likeness (QED) is 0.516. The van der Waals surface area contributed by atoms with E-state index >= 15 is 0 Å². The van der Waals surface area contributed by atoms with Crippen LogP contribution in [0.4, 0.5) is 4.39 Å². The average Bonchev–Trinajstić information content (AvgIpc) is 3.15. The Morgan fingerprint density at radius 1 is 1.48 bits per heavy atom. The first-order chi connectivity index (χ1) is 12.1. The molecule has 9 nitrogen and oxygen atoms in total. The number of imidazole rings is 1. The smallest absolute Gasteiger partial charge is 0.245 e. The third kappa shape index (κ3) is 3.57. The molecule has 0 radical (unpaired) electrons. The second-order valence-corrected chi connectivity index (χ2v) is 6.96. The van der Waals surface area contributed by atoms with Gasteiger partial charge in [-0.15, -0.1) is 0 Å². The van der Waals surface area contributed by atoms with Gasteiger partial charge in [-0.3, -0.25) is 4.57 Å². The van der Waals surface area contributed by atoms with Crippen molar-refractivity contribution in [1.82, 2.24) is 19.5 Å². The van der Waals surface area contributed by atoms with Crippen molar-refractivity contribution in [2.24, 2.45) is 0 Å². The van der Waals surface area contributed by atoms with Gasteiger partial charge in [0.1, 0.15) is 25.1 Å². The highest BCUT2D eigenvalue weighted by molar-refractivity contribution is 8.00. The van der Waals surface area contributed by atoms with E-state index in [1.807, 2.05) is 0 Å². The van der Waals surface area contributed by atoms with Crippen molar-refractivity contribution in [3.8, 4) is 5.88 Å². The topological polar surface area (TPSA) is 112 Å². The Morgan fingerprint density at radius 2 is 2.28 bits per heavy atom. The molecule has 0 spiro atoms. The Hall–Kier alpha value is -1.49. The van der Waals surface area contributed by atoms with E-state index in [0.29, 0.717) is 11.2 Å². The van der Waals surface area contributed by atoms with Gasteiger partial charge in [0.25, 0.3) is 0 Å². The van der Waals surface area contributed by atoms with Gasteiger partial charge in [0.05, 0.1) is 12.9 Å². The predicted molar refractivity (Wildman–Crippen MR) is 89.7 cm³/mol. The number of aromatic nitrogens is 4. The van der Waals surface area contributed by atoms with Gasteiger partial charge in [0.15, 0.2) is 30.7 Å². The predicted octanol–water partition coefficient (Wildman–Crippen LogP) is 0.502. The first-order valence-corrected chi connectivity index (χ1v) is 9.76. The summed E-state index contributed by atoms with van der Waals surface area (Å²) in [7, 11) is -2.57. The largest absolute Gasteiger partial charge is 0.472 e. The van der Waals surface area contributed by atoms with Gasteiger partial charge >= 0.3 is 0 Å². The van der Waals surface area contributed by atoms with Crippen molar-refractivity contribution in [2.75, 3.05) is 13.2 Å². The number of halogens is 1. The van der Waals surface area contributed by atoms with Crippen LogP contribution in [0, 0.1) is 0 Å². The lowest BCUT2D eigenvalue weighted by atomic mass is 10.1. The third-order valence-corrected chi connectivity index (χ3v) is 4.38. The Labute approximate surface area is 147 Å². The molecule has 0 amide bonds. The van der Waals surface area contributed by atoms with E-state index in [1.165, 1.54) is 17.2 Å². The standard InChI is InChI=1S/C13H16FN4O5PS/c1-2-3-21-12-9-11(15-5-16-12)18(6-17-9)13-8(14)10(23-24(20)25)7(4-19)22-13/h2,5-8,10,13,19,24H,1,3-4H2,(H,20,25)/t7-,8-,10?,13-/m1/s1. The van der Waals surface area contributed by atoms with E-state index in [4.69, 9.17) is 14.0 Å². The number of aliphatic hydroxyl groups is 1.